The maximum atomic E-state index is 12.9. The summed E-state index contributed by atoms with van der Waals surface area (Å²) in [6.07, 6.45) is 2.80. The summed E-state index contributed by atoms with van der Waals surface area (Å²) in [7, 11) is 0. The first-order valence-electron chi connectivity index (χ1n) is 7.13. The Morgan fingerprint density at radius 2 is 2.25 bits per heavy atom. The molecule has 0 aliphatic carbocycles. The molecule has 7 nitrogen and oxygen atoms in total. The highest BCUT2D eigenvalue weighted by Crippen LogP contribution is 2.18. The number of hydrogen-bond acceptors (Lipinski definition) is 4. The molecule has 0 spiro atoms. The lowest BCUT2D eigenvalue weighted by molar-refractivity contribution is -0.675. The molecular weight excluding hydrogens is 313 g/mol. The van der Waals surface area contributed by atoms with Gasteiger partial charge in [-0.1, -0.05) is 6.07 Å². The molecule has 2 N–H and O–H groups in total. The van der Waals surface area contributed by atoms with Gasteiger partial charge in [-0.3, -0.25) is 4.79 Å². The van der Waals surface area contributed by atoms with Crippen LogP contribution < -0.4 is 9.88 Å². The van der Waals surface area contributed by atoms with E-state index in [1.165, 1.54) is 21.1 Å². The summed E-state index contributed by atoms with van der Waals surface area (Å²) < 4.78 is 15.9. The van der Waals surface area contributed by atoms with Crippen molar-refractivity contribution >= 4 is 17.4 Å². The maximum Gasteiger partial charge on any atom is 0.337 e. The van der Waals surface area contributed by atoms with Crippen LogP contribution in [0.4, 0.5) is 10.2 Å². The fraction of sp³-hybridized carbons (Fsp3) is 0.125. The second-order valence-corrected chi connectivity index (χ2v) is 4.98. The van der Waals surface area contributed by atoms with E-state index >= 15 is 0 Å². The Hall–Kier alpha value is -3.47. The number of pyridine rings is 2. The highest BCUT2D eigenvalue weighted by molar-refractivity contribution is 6.04. The molecule has 24 heavy (non-hydrogen) atoms. The number of anilines is 1. The summed E-state index contributed by atoms with van der Waals surface area (Å²) in [5, 5.41) is 21.7. The van der Waals surface area contributed by atoms with Crippen molar-refractivity contribution < 1.29 is 18.9 Å². The summed E-state index contributed by atoms with van der Waals surface area (Å²) in [5.41, 5.74) is 0.581. The fourth-order valence-corrected chi connectivity index (χ4v) is 2.41. The molecule has 0 aromatic carbocycles. The molecule has 0 fully saturated rings. The van der Waals surface area contributed by atoms with E-state index in [1.807, 2.05) is 6.07 Å². The highest BCUT2D eigenvalue weighted by atomic mass is 19.1. The van der Waals surface area contributed by atoms with Crippen LogP contribution in [-0.4, -0.2) is 20.4 Å². The number of rotatable bonds is 4. The Morgan fingerprint density at radius 3 is 2.96 bits per heavy atom. The fourth-order valence-electron chi connectivity index (χ4n) is 2.41. The first kappa shape index (κ1) is 15.4. The van der Waals surface area contributed by atoms with E-state index in [4.69, 9.17) is 5.26 Å². The molecule has 3 heterocycles. The van der Waals surface area contributed by atoms with E-state index < -0.39 is 11.7 Å². The topological polar surface area (TPSA) is 94.3 Å². The minimum atomic E-state index is -0.594. The average molecular weight is 326 g/mol. The molecular formula is C16H13FN5O2+. The van der Waals surface area contributed by atoms with Gasteiger partial charge in [0, 0.05) is 6.07 Å². The second-order valence-electron chi connectivity index (χ2n) is 4.98. The standard InChI is InChI=1S/C16H12FN5O2/c17-11-5-6-12(19-10-11)20-15(23)14-16(24)22(9-3-7-18)13-4-1-2-8-21(13)14/h1-2,4-6,8,10H,3,9H2,(H-,19,20,23,24)/p+1. The number of aryl methyl sites for hydroxylation is 1. The van der Waals surface area contributed by atoms with Crippen LogP contribution in [0.25, 0.3) is 5.65 Å². The molecule has 0 unspecified atom stereocenters. The first-order valence-corrected chi connectivity index (χ1v) is 7.13. The van der Waals surface area contributed by atoms with Crippen LogP contribution >= 0.6 is 0 Å². The van der Waals surface area contributed by atoms with Crippen molar-refractivity contribution in [2.24, 2.45) is 0 Å². The second kappa shape index (κ2) is 6.34. The van der Waals surface area contributed by atoms with Crippen LogP contribution in [0, 0.1) is 17.1 Å². The molecule has 0 aliphatic heterocycles. The predicted molar refractivity (Wildman–Crippen MR) is 81.6 cm³/mol. The number of hydrogen-bond donors (Lipinski definition) is 2. The minimum Gasteiger partial charge on any atom is -0.475 e. The third-order valence-electron chi connectivity index (χ3n) is 3.45. The van der Waals surface area contributed by atoms with Crippen molar-refractivity contribution in [1.82, 2.24) is 9.38 Å². The SMILES string of the molecule is N#CCC[n+]1c(O)c(C(=O)Nc2ccc(F)cn2)n2ccccc21. The van der Waals surface area contributed by atoms with Gasteiger partial charge in [0.1, 0.15) is 18.2 Å². The Morgan fingerprint density at radius 1 is 1.42 bits per heavy atom. The quantitative estimate of drug-likeness (QED) is 0.713. The lowest BCUT2D eigenvalue weighted by Gasteiger charge is -2.01. The van der Waals surface area contributed by atoms with Crippen LogP contribution in [-0.2, 0) is 6.54 Å². The summed E-state index contributed by atoms with van der Waals surface area (Å²) in [6, 6.07) is 9.71. The molecule has 0 atom stereocenters. The number of aromatic nitrogens is 3. The van der Waals surface area contributed by atoms with Crippen molar-refractivity contribution in [3.63, 3.8) is 0 Å². The predicted octanol–water partition coefficient (Wildman–Crippen LogP) is 1.63. The number of fused-ring (bicyclic) bond motifs is 1. The molecule has 1 amide bonds. The number of nitrogens with zero attached hydrogens (tertiary/aromatic N) is 4. The van der Waals surface area contributed by atoms with Crippen molar-refractivity contribution in [3.05, 3.63) is 54.2 Å². The van der Waals surface area contributed by atoms with Gasteiger partial charge in [-0.15, -0.1) is 0 Å². The van der Waals surface area contributed by atoms with E-state index in [-0.39, 0.29) is 30.4 Å². The van der Waals surface area contributed by atoms with E-state index in [2.05, 4.69) is 10.3 Å². The molecule has 0 bridgehead atoms. The van der Waals surface area contributed by atoms with Crippen LogP contribution in [0.15, 0.2) is 42.7 Å². The molecule has 3 aromatic rings. The van der Waals surface area contributed by atoms with Gasteiger partial charge in [0.05, 0.1) is 24.9 Å². The average Bonchev–Trinajstić information content (AvgIpc) is 2.86. The highest BCUT2D eigenvalue weighted by Gasteiger charge is 2.30. The summed E-state index contributed by atoms with van der Waals surface area (Å²) >= 11 is 0. The zero-order chi connectivity index (χ0) is 17.1. The Balaban J connectivity index is 2.02. The van der Waals surface area contributed by atoms with Crippen molar-refractivity contribution in [2.75, 3.05) is 5.32 Å². The number of carbonyl (C=O) groups is 1. The van der Waals surface area contributed by atoms with Gasteiger partial charge >= 0.3 is 11.8 Å². The lowest BCUT2D eigenvalue weighted by Crippen LogP contribution is -2.33. The number of aromatic hydroxyl groups is 1. The minimum absolute atomic E-state index is 0.00895. The van der Waals surface area contributed by atoms with Gasteiger partial charge in [0.25, 0.3) is 11.3 Å². The van der Waals surface area contributed by atoms with Gasteiger partial charge in [-0.25, -0.2) is 9.37 Å². The third kappa shape index (κ3) is 2.75. The lowest BCUT2D eigenvalue weighted by atomic mass is 10.3. The summed E-state index contributed by atoms with van der Waals surface area (Å²) in [5.74, 6) is -1.20. The third-order valence-corrected chi connectivity index (χ3v) is 3.45. The number of halogens is 1. The van der Waals surface area contributed by atoms with Crippen LogP contribution in [0.3, 0.4) is 0 Å². The summed E-state index contributed by atoms with van der Waals surface area (Å²) in [4.78, 5) is 16.3. The molecule has 3 rings (SSSR count). The molecule has 0 saturated heterocycles. The number of imidazole rings is 1. The Kier molecular flexibility index (Phi) is 4.07. The van der Waals surface area contributed by atoms with Gasteiger partial charge in [0.2, 0.25) is 0 Å². The molecule has 120 valence electrons. The summed E-state index contributed by atoms with van der Waals surface area (Å²) in [6.45, 7) is 0.248. The van der Waals surface area contributed by atoms with E-state index in [0.29, 0.717) is 5.65 Å². The van der Waals surface area contributed by atoms with Crippen molar-refractivity contribution in [1.29, 1.82) is 5.26 Å². The van der Waals surface area contributed by atoms with E-state index in [1.54, 1.807) is 24.4 Å². The Labute approximate surface area is 136 Å². The van der Waals surface area contributed by atoms with Crippen LogP contribution in [0.2, 0.25) is 0 Å². The van der Waals surface area contributed by atoms with Gasteiger partial charge in [0.15, 0.2) is 0 Å². The maximum absolute atomic E-state index is 12.9. The number of carbonyl (C=O) groups excluding carboxylic acids is 1. The number of nitriles is 1. The van der Waals surface area contributed by atoms with Crippen molar-refractivity contribution in [2.45, 2.75) is 13.0 Å². The molecule has 0 radical (unpaired) electrons. The van der Waals surface area contributed by atoms with E-state index in [9.17, 15) is 14.3 Å². The van der Waals surface area contributed by atoms with Crippen LogP contribution in [0.1, 0.15) is 16.9 Å². The zero-order valence-corrected chi connectivity index (χ0v) is 12.5. The number of nitrogens with one attached hydrogen (secondary N) is 1. The number of amides is 1. The molecule has 8 heteroatoms. The smallest absolute Gasteiger partial charge is 0.337 e. The zero-order valence-electron chi connectivity index (χ0n) is 12.5. The van der Waals surface area contributed by atoms with Gasteiger partial charge in [-0.05, 0) is 18.2 Å². The molecule has 3 aromatic heterocycles. The monoisotopic (exact) mass is 326 g/mol. The van der Waals surface area contributed by atoms with Gasteiger partial charge in [-0.2, -0.15) is 14.2 Å². The normalized spacial score (nSPS) is 10.5. The molecule has 0 aliphatic rings. The van der Waals surface area contributed by atoms with E-state index in [0.717, 1.165) is 6.20 Å². The van der Waals surface area contributed by atoms with Crippen LogP contribution in [0.5, 0.6) is 5.88 Å². The molecule has 0 saturated carbocycles. The largest absolute Gasteiger partial charge is 0.475 e. The first-order chi connectivity index (χ1) is 11.6. The van der Waals surface area contributed by atoms with Crippen molar-refractivity contribution in [3.8, 4) is 11.9 Å². The van der Waals surface area contributed by atoms with Gasteiger partial charge < -0.3 is 10.4 Å². The Bertz CT molecular complexity index is 943.